The first-order valence-corrected chi connectivity index (χ1v) is 4.78. The Labute approximate surface area is 101 Å². The first-order chi connectivity index (χ1) is 7.91. The lowest BCUT2D eigenvalue weighted by atomic mass is 10.2. The fraction of sp³-hybridized carbons (Fsp3) is 0.111. The summed E-state index contributed by atoms with van der Waals surface area (Å²) in [4.78, 5) is 23.8. The predicted molar refractivity (Wildman–Crippen MR) is 61.6 cm³/mol. The van der Waals surface area contributed by atoms with Gasteiger partial charge in [0.2, 0.25) is 5.82 Å². The Balaban J connectivity index is 3.07. The lowest BCUT2D eigenvalue weighted by molar-refractivity contribution is -0.384. The molecule has 0 amide bonds. The Morgan fingerprint density at radius 2 is 2.35 bits per heavy atom. The maximum Gasteiger partial charge on any atom is 0.311 e. The van der Waals surface area contributed by atoms with Crippen molar-refractivity contribution in [2.45, 2.75) is 6.42 Å². The van der Waals surface area contributed by atoms with E-state index in [0.29, 0.717) is 0 Å². The molecule has 0 radical (unpaired) electrons. The van der Waals surface area contributed by atoms with Crippen molar-refractivity contribution in [3.63, 3.8) is 0 Å². The number of pyridine rings is 1. The standard InChI is InChI=1S/C9H8ClN3O4/c10-8-5(2-1-3-7(14)15)4-6(13(16)17)9(11)12-8/h1-2,4H,3H2,(H2,11,12)(H,14,15). The number of rotatable bonds is 4. The maximum atomic E-state index is 10.6. The summed E-state index contributed by atoms with van der Waals surface area (Å²) in [5.41, 5.74) is 5.19. The monoisotopic (exact) mass is 257 g/mol. The second kappa shape index (κ2) is 5.26. The highest BCUT2D eigenvalue weighted by atomic mass is 35.5. The van der Waals surface area contributed by atoms with Crippen molar-refractivity contribution in [3.05, 3.63) is 33.0 Å². The zero-order valence-electron chi connectivity index (χ0n) is 8.46. The van der Waals surface area contributed by atoms with Crippen LogP contribution in [0.5, 0.6) is 0 Å². The molecule has 0 aliphatic heterocycles. The highest BCUT2D eigenvalue weighted by Crippen LogP contribution is 2.26. The summed E-state index contributed by atoms with van der Waals surface area (Å²) < 4.78 is 0. The first kappa shape index (κ1) is 12.9. The predicted octanol–water partition coefficient (Wildman–Crippen LogP) is 1.71. The molecule has 0 saturated heterocycles. The van der Waals surface area contributed by atoms with Crippen molar-refractivity contribution < 1.29 is 14.8 Å². The fourth-order valence-electron chi connectivity index (χ4n) is 1.06. The van der Waals surface area contributed by atoms with Crippen LogP contribution in [0.1, 0.15) is 12.0 Å². The van der Waals surface area contributed by atoms with Gasteiger partial charge < -0.3 is 10.8 Å². The van der Waals surface area contributed by atoms with Gasteiger partial charge in [0.25, 0.3) is 0 Å². The summed E-state index contributed by atoms with van der Waals surface area (Å²) in [7, 11) is 0. The van der Waals surface area contributed by atoms with Gasteiger partial charge in [-0.3, -0.25) is 14.9 Å². The largest absolute Gasteiger partial charge is 0.481 e. The molecule has 0 unspecified atom stereocenters. The van der Waals surface area contributed by atoms with Crippen LogP contribution >= 0.6 is 11.6 Å². The molecule has 1 aromatic heterocycles. The molecule has 0 saturated carbocycles. The topological polar surface area (TPSA) is 119 Å². The molecule has 8 heteroatoms. The summed E-state index contributed by atoms with van der Waals surface area (Å²) in [5, 5.41) is 19.0. The minimum Gasteiger partial charge on any atom is -0.481 e. The molecule has 7 nitrogen and oxygen atoms in total. The number of carboxylic acid groups (broad SMARTS) is 1. The second-order valence-corrected chi connectivity index (χ2v) is 3.39. The molecule has 0 aliphatic carbocycles. The Morgan fingerprint density at radius 1 is 1.71 bits per heavy atom. The van der Waals surface area contributed by atoms with Crippen molar-refractivity contribution in [2.75, 3.05) is 5.73 Å². The van der Waals surface area contributed by atoms with E-state index >= 15 is 0 Å². The van der Waals surface area contributed by atoms with Gasteiger partial charge in [0.15, 0.2) is 0 Å². The number of nitrogens with two attached hydrogens (primary N) is 1. The highest BCUT2D eigenvalue weighted by Gasteiger charge is 2.15. The average Bonchev–Trinajstić information content (AvgIpc) is 2.20. The van der Waals surface area contributed by atoms with Gasteiger partial charge in [-0.1, -0.05) is 23.8 Å². The Morgan fingerprint density at radius 3 is 2.88 bits per heavy atom. The summed E-state index contributed by atoms with van der Waals surface area (Å²) in [6, 6.07) is 1.14. The quantitative estimate of drug-likeness (QED) is 0.481. The van der Waals surface area contributed by atoms with Crippen molar-refractivity contribution >= 4 is 35.2 Å². The number of aromatic nitrogens is 1. The average molecular weight is 258 g/mol. The van der Waals surface area contributed by atoms with Crippen molar-refractivity contribution in [2.24, 2.45) is 0 Å². The van der Waals surface area contributed by atoms with E-state index in [0.717, 1.165) is 6.07 Å². The number of halogens is 1. The number of carboxylic acids is 1. The van der Waals surface area contributed by atoms with Gasteiger partial charge in [0.05, 0.1) is 11.3 Å². The minimum atomic E-state index is -1.02. The van der Waals surface area contributed by atoms with Gasteiger partial charge in [-0.25, -0.2) is 4.98 Å². The number of anilines is 1. The van der Waals surface area contributed by atoms with Gasteiger partial charge in [0, 0.05) is 11.6 Å². The van der Waals surface area contributed by atoms with E-state index in [9.17, 15) is 14.9 Å². The van der Waals surface area contributed by atoms with Gasteiger partial charge >= 0.3 is 11.7 Å². The molecule has 0 bridgehead atoms. The second-order valence-electron chi connectivity index (χ2n) is 3.03. The first-order valence-electron chi connectivity index (χ1n) is 4.40. The molecule has 1 rings (SSSR count). The molecule has 0 aliphatic rings. The number of nitrogen functional groups attached to an aromatic ring is 1. The molecule has 90 valence electrons. The van der Waals surface area contributed by atoms with Crippen molar-refractivity contribution in [1.82, 2.24) is 4.98 Å². The SMILES string of the molecule is Nc1nc(Cl)c(C=CCC(=O)O)cc1[N+](=O)[O-]. The van der Waals surface area contributed by atoms with Crippen LogP contribution in [-0.2, 0) is 4.79 Å². The normalized spacial score (nSPS) is 10.6. The minimum absolute atomic E-state index is 0.0188. The molecular weight excluding hydrogens is 250 g/mol. The summed E-state index contributed by atoms with van der Waals surface area (Å²) >= 11 is 5.71. The Hall–Kier alpha value is -2.15. The lowest BCUT2D eigenvalue weighted by Crippen LogP contribution is -1.99. The van der Waals surface area contributed by atoms with Gasteiger partial charge in [0.1, 0.15) is 5.15 Å². The molecule has 3 N–H and O–H groups in total. The Kier molecular flexibility index (Phi) is 4.00. The lowest BCUT2D eigenvalue weighted by Gasteiger charge is -2.00. The van der Waals surface area contributed by atoms with Crippen LogP contribution in [0.25, 0.3) is 6.08 Å². The van der Waals surface area contributed by atoms with E-state index in [1.807, 2.05) is 0 Å². The van der Waals surface area contributed by atoms with Crippen LogP contribution in [0.15, 0.2) is 12.1 Å². The fourth-order valence-corrected chi connectivity index (χ4v) is 1.27. The zero-order chi connectivity index (χ0) is 13.0. The van der Waals surface area contributed by atoms with E-state index in [1.165, 1.54) is 12.2 Å². The van der Waals surface area contributed by atoms with Gasteiger partial charge in [-0.15, -0.1) is 0 Å². The third-order valence-corrected chi connectivity index (χ3v) is 2.10. The highest BCUT2D eigenvalue weighted by molar-refractivity contribution is 6.31. The summed E-state index contributed by atoms with van der Waals surface area (Å²) in [6.07, 6.45) is 2.44. The molecule has 1 aromatic rings. The maximum absolute atomic E-state index is 10.6. The van der Waals surface area contributed by atoms with Crippen molar-refractivity contribution in [3.8, 4) is 0 Å². The number of hydrogen-bond donors (Lipinski definition) is 2. The van der Waals surface area contributed by atoms with Gasteiger partial charge in [-0.05, 0) is 0 Å². The molecule has 17 heavy (non-hydrogen) atoms. The van der Waals surface area contributed by atoms with Crippen LogP contribution in [0.3, 0.4) is 0 Å². The van der Waals surface area contributed by atoms with E-state index < -0.39 is 10.9 Å². The number of nitro groups is 1. The van der Waals surface area contributed by atoms with Crippen LogP contribution in [0, 0.1) is 10.1 Å². The zero-order valence-corrected chi connectivity index (χ0v) is 9.22. The van der Waals surface area contributed by atoms with E-state index in [2.05, 4.69) is 4.98 Å². The van der Waals surface area contributed by atoms with E-state index in [1.54, 1.807) is 0 Å². The number of carbonyl (C=O) groups is 1. The number of nitrogens with zero attached hydrogens (tertiary/aromatic N) is 2. The molecular formula is C9H8ClN3O4. The smallest absolute Gasteiger partial charge is 0.311 e. The van der Waals surface area contributed by atoms with Crippen LogP contribution in [0.4, 0.5) is 11.5 Å². The molecule has 1 heterocycles. The van der Waals surface area contributed by atoms with Gasteiger partial charge in [-0.2, -0.15) is 0 Å². The van der Waals surface area contributed by atoms with Crippen LogP contribution in [0.2, 0.25) is 5.15 Å². The van der Waals surface area contributed by atoms with E-state index in [-0.39, 0.29) is 28.6 Å². The van der Waals surface area contributed by atoms with Crippen LogP contribution < -0.4 is 5.73 Å². The molecule has 0 atom stereocenters. The Bertz CT molecular complexity index is 501. The molecule has 0 aromatic carbocycles. The third kappa shape index (κ3) is 3.42. The summed E-state index contributed by atoms with van der Waals surface area (Å²) in [6.45, 7) is 0. The third-order valence-electron chi connectivity index (χ3n) is 1.80. The number of hydrogen-bond acceptors (Lipinski definition) is 5. The summed E-state index contributed by atoms with van der Waals surface area (Å²) in [5.74, 6) is -1.30. The molecule has 0 spiro atoms. The van der Waals surface area contributed by atoms with Crippen LogP contribution in [-0.4, -0.2) is 21.0 Å². The molecule has 0 fully saturated rings. The number of aliphatic carboxylic acids is 1. The van der Waals surface area contributed by atoms with E-state index in [4.69, 9.17) is 22.4 Å². The van der Waals surface area contributed by atoms with Crippen molar-refractivity contribution in [1.29, 1.82) is 0 Å².